The van der Waals surface area contributed by atoms with Crippen LogP contribution in [0.5, 0.6) is 0 Å². The molecule has 0 bridgehead atoms. The van der Waals surface area contributed by atoms with Crippen LogP contribution in [0.25, 0.3) is 0 Å². The number of anilines is 2. The molecule has 1 aliphatic rings. The Morgan fingerprint density at radius 1 is 1.04 bits per heavy atom. The first-order chi connectivity index (χ1) is 12.4. The molecular formula is C18H12ClFN2O4. The monoisotopic (exact) mass is 374 g/mol. The van der Waals surface area contributed by atoms with E-state index in [0.717, 1.165) is 4.90 Å². The fraction of sp³-hybridized carbons (Fsp3) is 0.0556. The minimum atomic E-state index is -0.702. The molecule has 0 aliphatic carbocycles. The Hall–Kier alpha value is -3.19. The number of hydrogen-bond acceptors (Lipinski definition) is 5. The number of ether oxygens (including phenoxy) is 1. The van der Waals surface area contributed by atoms with Crippen molar-refractivity contribution in [2.75, 3.05) is 17.3 Å². The smallest absolute Gasteiger partial charge is 0.337 e. The number of hydrogen-bond donors (Lipinski definition) is 1. The van der Waals surface area contributed by atoms with Crippen molar-refractivity contribution in [1.29, 1.82) is 0 Å². The molecule has 0 saturated carbocycles. The van der Waals surface area contributed by atoms with Crippen LogP contribution in [0, 0.1) is 5.82 Å². The van der Waals surface area contributed by atoms with E-state index in [-0.39, 0.29) is 22.0 Å². The highest BCUT2D eigenvalue weighted by atomic mass is 35.5. The maximum absolute atomic E-state index is 13.0. The molecule has 0 radical (unpaired) electrons. The fourth-order valence-electron chi connectivity index (χ4n) is 2.39. The van der Waals surface area contributed by atoms with Gasteiger partial charge in [0.2, 0.25) is 0 Å². The molecule has 132 valence electrons. The van der Waals surface area contributed by atoms with Crippen LogP contribution in [0.4, 0.5) is 15.8 Å². The molecule has 0 aromatic heterocycles. The van der Waals surface area contributed by atoms with E-state index in [2.05, 4.69) is 10.1 Å². The Morgan fingerprint density at radius 3 is 2.23 bits per heavy atom. The molecular weight excluding hydrogens is 363 g/mol. The van der Waals surface area contributed by atoms with Crippen LogP contribution < -0.4 is 10.2 Å². The van der Waals surface area contributed by atoms with Gasteiger partial charge >= 0.3 is 5.97 Å². The van der Waals surface area contributed by atoms with Gasteiger partial charge in [0.15, 0.2) is 0 Å². The van der Waals surface area contributed by atoms with E-state index in [1.807, 2.05) is 0 Å². The van der Waals surface area contributed by atoms with Crippen molar-refractivity contribution in [3.05, 3.63) is 70.6 Å². The molecule has 2 amide bonds. The van der Waals surface area contributed by atoms with Crippen LogP contribution in [0.3, 0.4) is 0 Å². The van der Waals surface area contributed by atoms with Gasteiger partial charge in [0.25, 0.3) is 11.8 Å². The number of carbonyl (C=O) groups excluding carboxylic acids is 3. The molecule has 0 atom stereocenters. The third-order valence-corrected chi connectivity index (χ3v) is 4.04. The quantitative estimate of drug-likeness (QED) is 0.657. The SMILES string of the molecule is COC(=O)c1ccc(N2C(=O)C(Cl)=C(Nc3ccc(F)cc3)C2=O)cc1. The van der Waals surface area contributed by atoms with Crippen molar-refractivity contribution >= 4 is 40.8 Å². The molecule has 2 aromatic rings. The first-order valence-electron chi connectivity index (χ1n) is 7.42. The minimum Gasteiger partial charge on any atom is -0.465 e. The summed E-state index contributed by atoms with van der Waals surface area (Å²) in [6, 6.07) is 11.0. The third-order valence-electron chi connectivity index (χ3n) is 3.69. The molecule has 8 heteroatoms. The van der Waals surface area contributed by atoms with E-state index in [1.54, 1.807) is 0 Å². The van der Waals surface area contributed by atoms with Gasteiger partial charge in [-0.05, 0) is 48.5 Å². The van der Waals surface area contributed by atoms with Crippen LogP contribution in [-0.2, 0) is 14.3 Å². The Kier molecular flexibility index (Phi) is 4.73. The van der Waals surface area contributed by atoms with Crippen LogP contribution >= 0.6 is 11.6 Å². The van der Waals surface area contributed by atoms with E-state index >= 15 is 0 Å². The maximum atomic E-state index is 13.0. The zero-order valence-electron chi connectivity index (χ0n) is 13.5. The molecule has 0 spiro atoms. The molecule has 2 aromatic carbocycles. The van der Waals surface area contributed by atoms with E-state index < -0.39 is 23.6 Å². The normalized spacial score (nSPS) is 14.0. The molecule has 1 N–H and O–H groups in total. The maximum Gasteiger partial charge on any atom is 0.337 e. The zero-order chi connectivity index (χ0) is 18.8. The molecule has 1 aliphatic heterocycles. The van der Waals surface area contributed by atoms with Crippen molar-refractivity contribution in [3.8, 4) is 0 Å². The highest BCUT2D eigenvalue weighted by molar-refractivity contribution is 6.53. The second-order valence-electron chi connectivity index (χ2n) is 5.31. The summed E-state index contributed by atoms with van der Waals surface area (Å²) in [5.41, 5.74) is 0.824. The summed E-state index contributed by atoms with van der Waals surface area (Å²) in [6.45, 7) is 0. The van der Waals surface area contributed by atoms with Gasteiger partial charge in [-0.3, -0.25) is 9.59 Å². The Labute approximate surface area is 152 Å². The number of imide groups is 1. The lowest BCUT2D eigenvalue weighted by Crippen LogP contribution is -2.32. The van der Waals surface area contributed by atoms with E-state index in [9.17, 15) is 18.8 Å². The molecule has 3 rings (SSSR count). The van der Waals surface area contributed by atoms with Gasteiger partial charge in [0, 0.05) is 5.69 Å². The summed E-state index contributed by atoms with van der Waals surface area (Å²) in [7, 11) is 1.25. The van der Waals surface area contributed by atoms with E-state index in [1.165, 1.54) is 55.6 Å². The number of carbonyl (C=O) groups is 3. The highest BCUT2D eigenvalue weighted by Crippen LogP contribution is 2.30. The summed E-state index contributed by atoms with van der Waals surface area (Å²) >= 11 is 6.01. The standard InChI is InChI=1S/C18H12ClFN2O4/c1-26-18(25)10-2-8-13(9-3-10)22-16(23)14(19)15(17(22)24)21-12-6-4-11(20)5-7-12/h2-9,21H,1H3. The van der Waals surface area contributed by atoms with E-state index in [0.29, 0.717) is 5.69 Å². The molecule has 0 fully saturated rings. The Morgan fingerprint density at radius 2 is 1.65 bits per heavy atom. The Balaban J connectivity index is 1.85. The number of methoxy groups -OCH3 is 1. The van der Waals surface area contributed by atoms with Gasteiger partial charge in [-0.2, -0.15) is 0 Å². The third kappa shape index (κ3) is 3.16. The van der Waals surface area contributed by atoms with Gasteiger partial charge in [-0.1, -0.05) is 11.6 Å². The van der Waals surface area contributed by atoms with Crippen molar-refractivity contribution < 1.29 is 23.5 Å². The number of rotatable bonds is 4. The molecule has 6 nitrogen and oxygen atoms in total. The second kappa shape index (κ2) is 6.97. The topological polar surface area (TPSA) is 75.7 Å². The predicted molar refractivity (Wildman–Crippen MR) is 93.2 cm³/mol. The van der Waals surface area contributed by atoms with Crippen molar-refractivity contribution in [3.63, 3.8) is 0 Å². The first-order valence-corrected chi connectivity index (χ1v) is 7.79. The van der Waals surface area contributed by atoms with Crippen molar-refractivity contribution in [1.82, 2.24) is 0 Å². The van der Waals surface area contributed by atoms with Crippen LogP contribution in [0.1, 0.15) is 10.4 Å². The van der Waals surface area contributed by atoms with Crippen LogP contribution in [0.2, 0.25) is 0 Å². The summed E-state index contributed by atoms with van der Waals surface area (Å²) in [5.74, 6) is -2.33. The number of amides is 2. The van der Waals surface area contributed by atoms with E-state index in [4.69, 9.17) is 11.6 Å². The number of nitrogens with zero attached hydrogens (tertiary/aromatic N) is 1. The lowest BCUT2D eigenvalue weighted by molar-refractivity contribution is -0.120. The van der Waals surface area contributed by atoms with Gasteiger partial charge in [0.05, 0.1) is 18.4 Å². The van der Waals surface area contributed by atoms with Gasteiger partial charge < -0.3 is 10.1 Å². The highest BCUT2D eigenvalue weighted by Gasteiger charge is 2.39. The fourth-order valence-corrected chi connectivity index (χ4v) is 2.60. The molecule has 26 heavy (non-hydrogen) atoms. The number of nitrogens with one attached hydrogen (secondary N) is 1. The van der Waals surface area contributed by atoms with Crippen LogP contribution in [0.15, 0.2) is 59.3 Å². The number of halogens is 2. The second-order valence-corrected chi connectivity index (χ2v) is 5.68. The first kappa shape index (κ1) is 17.6. The largest absolute Gasteiger partial charge is 0.465 e. The average molecular weight is 375 g/mol. The summed E-state index contributed by atoms with van der Waals surface area (Å²) in [6.07, 6.45) is 0. The molecule has 1 heterocycles. The van der Waals surface area contributed by atoms with Crippen LogP contribution in [-0.4, -0.2) is 24.9 Å². The van der Waals surface area contributed by atoms with Gasteiger partial charge in [-0.25, -0.2) is 14.1 Å². The molecule has 0 unspecified atom stereocenters. The minimum absolute atomic E-state index is 0.111. The predicted octanol–water partition coefficient (Wildman–Crippen LogP) is 3.05. The number of benzene rings is 2. The molecule has 0 saturated heterocycles. The zero-order valence-corrected chi connectivity index (χ0v) is 14.2. The average Bonchev–Trinajstić information content (AvgIpc) is 2.86. The Bertz CT molecular complexity index is 923. The van der Waals surface area contributed by atoms with Crippen molar-refractivity contribution in [2.24, 2.45) is 0 Å². The van der Waals surface area contributed by atoms with Gasteiger partial charge in [0.1, 0.15) is 16.5 Å². The summed E-state index contributed by atoms with van der Waals surface area (Å²) < 4.78 is 17.6. The number of esters is 1. The van der Waals surface area contributed by atoms with Crippen molar-refractivity contribution in [2.45, 2.75) is 0 Å². The summed E-state index contributed by atoms with van der Waals surface area (Å²) in [5, 5.41) is 2.45. The lowest BCUT2D eigenvalue weighted by Gasteiger charge is -2.15. The summed E-state index contributed by atoms with van der Waals surface area (Å²) in [4.78, 5) is 37.3. The van der Waals surface area contributed by atoms with Gasteiger partial charge in [-0.15, -0.1) is 0 Å². The lowest BCUT2D eigenvalue weighted by atomic mass is 10.2.